The maximum atomic E-state index is 12.2. The van der Waals surface area contributed by atoms with Gasteiger partial charge in [-0.05, 0) is 37.1 Å². The Morgan fingerprint density at radius 2 is 1.40 bits per heavy atom. The maximum absolute atomic E-state index is 12.2. The van der Waals surface area contributed by atoms with Gasteiger partial charge in [-0.1, -0.05) is 78.1 Å². The van der Waals surface area contributed by atoms with Gasteiger partial charge in [-0.2, -0.15) is 0 Å². The molecule has 25 heavy (non-hydrogen) atoms. The Balaban J connectivity index is 2.10. The summed E-state index contributed by atoms with van der Waals surface area (Å²) in [7, 11) is 0. The Bertz CT molecular complexity index is 453. The highest BCUT2D eigenvalue weighted by molar-refractivity contribution is 5.75. The number of phenolic OH excluding ortho intramolecular Hbond substituents is 1. The molecule has 1 rings (SSSR count). The summed E-state index contributed by atoms with van der Waals surface area (Å²) >= 11 is 0. The number of hydrogen-bond acceptors (Lipinski definition) is 3. The van der Waals surface area contributed by atoms with Crippen LogP contribution < -0.4 is 4.74 Å². The number of carbonyl (C=O) groups excluding carboxylic acids is 1. The third-order valence-electron chi connectivity index (χ3n) is 4.79. The van der Waals surface area contributed by atoms with Crippen LogP contribution in [0, 0.1) is 5.92 Å². The van der Waals surface area contributed by atoms with E-state index in [4.69, 9.17) is 4.74 Å². The first-order valence-electron chi connectivity index (χ1n) is 10.2. The van der Waals surface area contributed by atoms with Crippen LogP contribution in [0.15, 0.2) is 24.3 Å². The van der Waals surface area contributed by atoms with Gasteiger partial charge in [0.05, 0.1) is 5.92 Å². The van der Waals surface area contributed by atoms with Gasteiger partial charge in [0, 0.05) is 0 Å². The normalized spacial score (nSPS) is 12.1. The summed E-state index contributed by atoms with van der Waals surface area (Å²) in [6.07, 6.45) is 14.8. The fraction of sp³-hybridized carbons (Fsp3) is 0.682. The van der Waals surface area contributed by atoms with Crippen molar-refractivity contribution in [3.05, 3.63) is 24.3 Å². The molecule has 0 aromatic heterocycles. The van der Waals surface area contributed by atoms with E-state index in [1.165, 1.54) is 69.9 Å². The van der Waals surface area contributed by atoms with E-state index in [0.717, 1.165) is 19.3 Å². The van der Waals surface area contributed by atoms with Crippen LogP contribution in [-0.4, -0.2) is 11.1 Å². The van der Waals surface area contributed by atoms with Crippen LogP contribution in [0.5, 0.6) is 11.5 Å². The molecular formula is C22H36O3. The Hall–Kier alpha value is -1.51. The summed E-state index contributed by atoms with van der Waals surface area (Å²) in [5.41, 5.74) is 0. The van der Waals surface area contributed by atoms with Crippen molar-refractivity contribution in [3.8, 4) is 11.5 Å². The quantitative estimate of drug-likeness (QED) is 0.233. The number of aromatic hydroxyl groups is 1. The summed E-state index contributed by atoms with van der Waals surface area (Å²) < 4.78 is 5.41. The molecule has 0 aliphatic heterocycles. The minimum Gasteiger partial charge on any atom is -0.508 e. The van der Waals surface area contributed by atoms with Gasteiger partial charge in [0.15, 0.2) is 0 Å². The van der Waals surface area contributed by atoms with Crippen molar-refractivity contribution in [1.82, 2.24) is 0 Å². The van der Waals surface area contributed by atoms with Crippen LogP contribution in [0.2, 0.25) is 0 Å². The van der Waals surface area contributed by atoms with Crippen molar-refractivity contribution >= 4 is 5.97 Å². The van der Waals surface area contributed by atoms with E-state index < -0.39 is 0 Å². The number of hydrogen-bond donors (Lipinski definition) is 1. The lowest BCUT2D eigenvalue weighted by Crippen LogP contribution is -2.20. The maximum Gasteiger partial charge on any atom is 0.314 e. The average Bonchev–Trinajstić information content (AvgIpc) is 2.61. The molecule has 0 aliphatic carbocycles. The number of phenols is 1. The van der Waals surface area contributed by atoms with Crippen molar-refractivity contribution in [1.29, 1.82) is 0 Å². The smallest absolute Gasteiger partial charge is 0.314 e. The monoisotopic (exact) mass is 348 g/mol. The van der Waals surface area contributed by atoms with E-state index in [9.17, 15) is 9.90 Å². The molecule has 0 saturated carbocycles. The number of rotatable bonds is 14. The molecule has 0 fully saturated rings. The topological polar surface area (TPSA) is 46.5 Å². The Kier molecular flexibility index (Phi) is 11.8. The van der Waals surface area contributed by atoms with Gasteiger partial charge >= 0.3 is 5.97 Å². The van der Waals surface area contributed by atoms with E-state index in [1.807, 2.05) is 6.92 Å². The minimum absolute atomic E-state index is 0.0251. The second-order valence-electron chi connectivity index (χ2n) is 6.99. The van der Waals surface area contributed by atoms with Gasteiger partial charge in [0.25, 0.3) is 0 Å². The molecule has 0 saturated heterocycles. The molecule has 3 heteroatoms. The Labute approximate surface area is 153 Å². The van der Waals surface area contributed by atoms with Crippen LogP contribution in [-0.2, 0) is 4.79 Å². The summed E-state index contributed by atoms with van der Waals surface area (Å²) in [6, 6.07) is 6.32. The van der Waals surface area contributed by atoms with Crippen LogP contribution in [0.3, 0.4) is 0 Å². The third kappa shape index (κ3) is 10.2. The molecule has 0 bridgehead atoms. The lowest BCUT2D eigenvalue weighted by molar-refractivity contribution is -0.139. The second-order valence-corrected chi connectivity index (χ2v) is 6.99. The van der Waals surface area contributed by atoms with Gasteiger partial charge in [-0.25, -0.2) is 0 Å². The fourth-order valence-electron chi connectivity index (χ4n) is 3.08. The summed E-state index contributed by atoms with van der Waals surface area (Å²) in [4.78, 5) is 12.2. The molecule has 0 heterocycles. The van der Waals surface area contributed by atoms with Crippen LogP contribution in [0.4, 0.5) is 0 Å². The molecule has 3 nitrogen and oxygen atoms in total. The van der Waals surface area contributed by atoms with E-state index >= 15 is 0 Å². The van der Waals surface area contributed by atoms with Gasteiger partial charge in [0.1, 0.15) is 11.5 Å². The van der Waals surface area contributed by atoms with E-state index in [0.29, 0.717) is 5.75 Å². The first-order valence-corrected chi connectivity index (χ1v) is 10.2. The zero-order valence-electron chi connectivity index (χ0n) is 16.1. The molecule has 142 valence electrons. The minimum atomic E-state index is -0.149. The van der Waals surface area contributed by atoms with Gasteiger partial charge < -0.3 is 9.84 Å². The van der Waals surface area contributed by atoms with Gasteiger partial charge in [-0.3, -0.25) is 4.79 Å². The number of esters is 1. The number of ether oxygens (including phenoxy) is 1. The van der Waals surface area contributed by atoms with E-state index in [2.05, 4.69) is 6.92 Å². The largest absolute Gasteiger partial charge is 0.508 e. The lowest BCUT2D eigenvalue weighted by atomic mass is 9.97. The standard InChI is InChI=1S/C22H36O3/c1-3-5-6-7-8-9-10-11-12-13-14-19(4-2)22(24)25-21-17-15-20(23)16-18-21/h15-19,23H,3-14H2,1-2H3. The predicted molar refractivity (Wildman–Crippen MR) is 104 cm³/mol. The highest BCUT2D eigenvalue weighted by Crippen LogP contribution is 2.21. The molecule has 1 atom stereocenters. The Morgan fingerprint density at radius 3 is 1.92 bits per heavy atom. The highest BCUT2D eigenvalue weighted by atomic mass is 16.5. The van der Waals surface area contributed by atoms with Gasteiger partial charge in [-0.15, -0.1) is 0 Å². The molecule has 0 spiro atoms. The molecule has 0 aliphatic rings. The number of unbranched alkanes of at least 4 members (excludes halogenated alkanes) is 9. The van der Waals surface area contributed by atoms with Crippen LogP contribution in [0.25, 0.3) is 0 Å². The van der Waals surface area contributed by atoms with Crippen molar-refractivity contribution in [3.63, 3.8) is 0 Å². The molecule has 1 aromatic carbocycles. The van der Waals surface area contributed by atoms with Crippen molar-refractivity contribution < 1.29 is 14.6 Å². The van der Waals surface area contributed by atoms with Crippen molar-refractivity contribution in [2.24, 2.45) is 5.92 Å². The SMILES string of the molecule is CCCCCCCCCCCCC(CC)C(=O)Oc1ccc(O)cc1. The molecule has 0 radical (unpaired) electrons. The van der Waals surface area contributed by atoms with E-state index in [-0.39, 0.29) is 17.6 Å². The summed E-state index contributed by atoms with van der Waals surface area (Å²) in [5, 5.41) is 9.26. The van der Waals surface area contributed by atoms with E-state index in [1.54, 1.807) is 12.1 Å². The first kappa shape index (κ1) is 21.5. The molecular weight excluding hydrogens is 312 g/mol. The number of benzene rings is 1. The zero-order chi connectivity index (χ0) is 18.3. The predicted octanol–water partition coefficient (Wildman–Crippen LogP) is 6.63. The number of carbonyl (C=O) groups is 1. The van der Waals surface area contributed by atoms with Crippen LogP contribution in [0.1, 0.15) is 90.9 Å². The molecule has 1 N–H and O–H groups in total. The third-order valence-corrected chi connectivity index (χ3v) is 4.79. The van der Waals surface area contributed by atoms with Gasteiger partial charge in [0.2, 0.25) is 0 Å². The molecule has 1 unspecified atom stereocenters. The molecule has 1 aromatic rings. The average molecular weight is 349 g/mol. The second kappa shape index (κ2) is 13.7. The lowest BCUT2D eigenvalue weighted by Gasteiger charge is -2.14. The molecule has 0 amide bonds. The summed E-state index contributed by atoms with van der Waals surface area (Å²) in [5.74, 6) is 0.508. The first-order chi connectivity index (χ1) is 12.2. The fourth-order valence-corrected chi connectivity index (χ4v) is 3.08. The Morgan fingerprint density at radius 1 is 0.880 bits per heavy atom. The van der Waals surface area contributed by atoms with Crippen LogP contribution >= 0.6 is 0 Å². The van der Waals surface area contributed by atoms with Crippen molar-refractivity contribution in [2.75, 3.05) is 0 Å². The summed E-state index contributed by atoms with van der Waals surface area (Å²) in [6.45, 7) is 4.29. The highest BCUT2D eigenvalue weighted by Gasteiger charge is 2.18. The van der Waals surface area contributed by atoms with Crippen molar-refractivity contribution in [2.45, 2.75) is 90.9 Å². The zero-order valence-corrected chi connectivity index (χ0v) is 16.1.